The number of hydrogen-bond acceptors (Lipinski definition) is 7. The Kier molecular flexibility index (Phi) is 9.65. The van der Waals surface area contributed by atoms with Gasteiger partial charge in [0.15, 0.2) is 0 Å². The van der Waals surface area contributed by atoms with E-state index in [2.05, 4.69) is 63.1 Å². The molecule has 0 spiro atoms. The van der Waals surface area contributed by atoms with Crippen LogP contribution in [0.4, 0.5) is 0 Å². The molecule has 0 aliphatic carbocycles. The Hall–Kier alpha value is -3.62. The third kappa shape index (κ3) is 7.23. The number of aliphatic carboxylic acids is 1. The Morgan fingerprint density at radius 1 is 0.952 bits per heavy atom. The van der Waals surface area contributed by atoms with Gasteiger partial charge in [0.1, 0.15) is 0 Å². The van der Waals surface area contributed by atoms with Crippen molar-refractivity contribution >= 4 is 40.2 Å². The minimum atomic E-state index is -0.808. The van der Waals surface area contributed by atoms with Crippen LogP contribution in [0.15, 0.2) is 99.5 Å². The maximum atomic E-state index is 11.8. The van der Waals surface area contributed by atoms with Crippen molar-refractivity contribution in [1.29, 1.82) is 0 Å². The van der Waals surface area contributed by atoms with E-state index >= 15 is 0 Å². The summed E-state index contributed by atoms with van der Waals surface area (Å²) in [5.74, 6) is -0.554. The Labute approximate surface area is 255 Å². The van der Waals surface area contributed by atoms with Crippen molar-refractivity contribution < 1.29 is 9.90 Å². The van der Waals surface area contributed by atoms with Crippen molar-refractivity contribution in [3.63, 3.8) is 0 Å². The van der Waals surface area contributed by atoms with Crippen LogP contribution in [0.2, 0.25) is 5.02 Å². The molecule has 9 heteroatoms. The second kappa shape index (κ2) is 13.6. The summed E-state index contributed by atoms with van der Waals surface area (Å²) in [6.07, 6.45) is 3.92. The zero-order chi connectivity index (χ0) is 29.5. The van der Waals surface area contributed by atoms with Gasteiger partial charge in [-0.05, 0) is 84.4 Å². The summed E-state index contributed by atoms with van der Waals surface area (Å²) in [4.78, 5) is 16.6. The van der Waals surface area contributed by atoms with Crippen molar-refractivity contribution in [2.24, 2.45) is 26.6 Å². The van der Waals surface area contributed by atoms with Crippen LogP contribution >= 0.6 is 23.4 Å². The number of thioether (sulfide) groups is 1. The molecule has 0 amide bonds. The molecule has 0 saturated carbocycles. The fraction of sp³-hybridized carbons (Fsp3) is 0.333. The molecule has 5 rings (SSSR count). The minimum absolute atomic E-state index is 0.131. The molecule has 4 aromatic rings. The summed E-state index contributed by atoms with van der Waals surface area (Å²) in [6, 6.07) is 26.8. The highest BCUT2D eigenvalue weighted by Crippen LogP contribution is 2.38. The van der Waals surface area contributed by atoms with Gasteiger partial charge in [-0.3, -0.25) is 9.78 Å². The van der Waals surface area contributed by atoms with Gasteiger partial charge in [0, 0.05) is 32.7 Å². The number of aryl methyl sites for hydroxylation is 3. The lowest BCUT2D eigenvalue weighted by Gasteiger charge is -2.22. The van der Waals surface area contributed by atoms with E-state index in [9.17, 15) is 9.90 Å². The van der Waals surface area contributed by atoms with Gasteiger partial charge < -0.3 is 5.11 Å². The summed E-state index contributed by atoms with van der Waals surface area (Å²) in [6.45, 7) is 3.85. The average molecular weight is 600 g/mol. The van der Waals surface area contributed by atoms with Crippen molar-refractivity contribution in [1.82, 2.24) is 4.98 Å². The van der Waals surface area contributed by atoms with Crippen LogP contribution in [-0.4, -0.2) is 21.8 Å². The van der Waals surface area contributed by atoms with Gasteiger partial charge in [0.05, 0.1) is 11.4 Å². The topological polar surface area (TPSA) is 99.6 Å². The fourth-order valence-electron chi connectivity index (χ4n) is 5.26. The van der Waals surface area contributed by atoms with Crippen LogP contribution in [-0.2, 0) is 29.7 Å². The van der Waals surface area contributed by atoms with Gasteiger partial charge >= 0.3 is 5.97 Å². The molecule has 3 aromatic carbocycles. The SMILES string of the molecule is CCC(CSC(CCc1ccccc1C1(C)N=NN=N1)c1cccc(CCc2ccc3ccc(Cl)cc3n2)c1)C(=O)O. The largest absolute Gasteiger partial charge is 0.481 e. The van der Waals surface area contributed by atoms with Gasteiger partial charge in [-0.15, -0.1) is 10.2 Å². The lowest BCUT2D eigenvalue weighted by Crippen LogP contribution is -2.17. The van der Waals surface area contributed by atoms with E-state index in [1.807, 2.05) is 50.2 Å². The first-order valence-electron chi connectivity index (χ1n) is 14.3. The highest BCUT2D eigenvalue weighted by Gasteiger charge is 2.31. The lowest BCUT2D eigenvalue weighted by molar-refractivity contribution is -0.140. The summed E-state index contributed by atoms with van der Waals surface area (Å²) in [5, 5.41) is 27.6. The van der Waals surface area contributed by atoms with E-state index in [1.165, 1.54) is 11.1 Å². The second-order valence-electron chi connectivity index (χ2n) is 10.7. The van der Waals surface area contributed by atoms with E-state index in [0.29, 0.717) is 17.2 Å². The first-order chi connectivity index (χ1) is 20.3. The molecule has 1 N–H and O–H groups in total. The second-order valence-corrected chi connectivity index (χ2v) is 12.4. The Bertz CT molecular complexity index is 1610. The number of pyridine rings is 1. The first kappa shape index (κ1) is 29.9. The number of carbonyl (C=O) groups is 1. The molecule has 7 nitrogen and oxygen atoms in total. The molecule has 1 aromatic heterocycles. The molecule has 0 radical (unpaired) electrons. The molecule has 216 valence electrons. The van der Waals surface area contributed by atoms with Crippen molar-refractivity contribution in [3.05, 3.63) is 112 Å². The Morgan fingerprint density at radius 2 is 1.74 bits per heavy atom. The van der Waals surface area contributed by atoms with Crippen molar-refractivity contribution in [2.45, 2.75) is 56.9 Å². The molecule has 0 saturated heterocycles. The van der Waals surface area contributed by atoms with Crippen molar-refractivity contribution in [2.75, 3.05) is 5.75 Å². The third-order valence-electron chi connectivity index (χ3n) is 7.77. The number of nitrogens with zero attached hydrogens (tertiary/aromatic N) is 5. The number of carboxylic acid groups (broad SMARTS) is 1. The van der Waals surface area contributed by atoms with E-state index in [0.717, 1.165) is 53.4 Å². The number of fused-ring (bicyclic) bond motifs is 1. The molecule has 42 heavy (non-hydrogen) atoms. The van der Waals surface area contributed by atoms with Crippen LogP contribution < -0.4 is 0 Å². The van der Waals surface area contributed by atoms with E-state index in [1.54, 1.807) is 11.8 Å². The minimum Gasteiger partial charge on any atom is -0.481 e. The molecule has 2 atom stereocenters. The van der Waals surface area contributed by atoms with Crippen LogP contribution in [0, 0.1) is 5.92 Å². The first-order valence-corrected chi connectivity index (χ1v) is 15.7. The number of hydrogen-bond donors (Lipinski definition) is 1. The third-order valence-corrected chi connectivity index (χ3v) is 9.51. The number of rotatable bonds is 13. The molecular formula is C33H34ClN5O2S. The number of halogens is 1. The maximum Gasteiger partial charge on any atom is 0.307 e. The molecular weight excluding hydrogens is 566 g/mol. The quantitative estimate of drug-likeness (QED) is 0.165. The molecule has 1 aliphatic heterocycles. The smallest absolute Gasteiger partial charge is 0.307 e. The summed E-state index contributed by atoms with van der Waals surface area (Å²) >= 11 is 7.91. The monoisotopic (exact) mass is 599 g/mol. The predicted molar refractivity (Wildman–Crippen MR) is 169 cm³/mol. The highest BCUT2D eigenvalue weighted by molar-refractivity contribution is 7.99. The number of benzene rings is 3. The molecule has 2 heterocycles. The highest BCUT2D eigenvalue weighted by atomic mass is 35.5. The Balaban J connectivity index is 1.34. The summed E-state index contributed by atoms with van der Waals surface area (Å²) in [7, 11) is 0. The number of carboxylic acids is 1. The van der Waals surface area contributed by atoms with Gasteiger partial charge in [-0.2, -0.15) is 11.8 Å². The molecule has 0 bridgehead atoms. The molecule has 2 unspecified atom stereocenters. The van der Waals surface area contributed by atoms with Crippen LogP contribution in [0.3, 0.4) is 0 Å². The van der Waals surface area contributed by atoms with E-state index < -0.39 is 11.6 Å². The normalized spacial score (nSPS) is 15.2. The standard InChI is InChI=1S/C33H34ClN5O2S/c1-3-23(32(40)41)21-42-31(18-14-24-8-4-5-10-29(24)33(2)36-38-39-37-33)26-9-6-7-22(19-26)11-16-28-17-13-25-12-15-27(34)20-30(25)35-28/h4-10,12-13,15,17,19-20,23,31H,3,11,14,16,18,21H2,1-2H3,(H,40,41). The molecule has 1 aliphatic rings. The summed E-state index contributed by atoms with van der Waals surface area (Å²) < 4.78 is 0. The van der Waals surface area contributed by atoms with E-state index in [4.69, 9.17) is 16.6 Å². The average Bonchev–Trinajstić information content (AvgIpc) is 3.45. The van der Waals surface area contributed by atoms with Crippen LogP contribution in [0.25, 0.3) is 10.9 Å². The van der Waals surface area contributed by atoms with Crippen LogP contribution in [0.1, 0.15) is 59.9 Å². The molecule has 0 fully saturated rings. The lowest BCUT2D eigenvalue weighted by atomic mass is 9.92. The Morgan fingerprint density at radius 3 is 2.52 bits per heavy atom. The zero-order valence-electron chi connectivity index (χ0n) is 23.8. The number of aromatic nitrogens is 1. The van der Waals surface area contributed by atoms with Gasteiger partial charge in [-0.25, -0.2) is 0 Å². The summed E-state index contributed by atoms with van der Waals surface area (Å²) in [5.41, 5.74) is 5.71. The van der Waals surface area contributed by atoms with Crippen LogP contribution in [0.5, 0.6) is 0 Å². The maximum absolute atomic E-state index is 11.8. The fourth-order valence-corrected chi connectivity index (χ4v) is 6.90. The predicted octanol–water partition coefficient (Wildman–Crippen LogP) is 9.20. The van der Waals surface area contributed by atoms with Gasteiger partial charge in [0.2, 0.25) is 5.66 Å². The van der Waals surface area contributed by atoms with Gasteiger partial charge in [0.25, 0.3) is 0 Å². The van der Waals surface area contributed by atoms with E-state index in [-0.39, 0.29) is 11.2 Å². The zero-order valence-corrected chi connectivity index (χ0v) is 25.4. The van der Waals surface area contributed by atoms with Crippen molar-refractivity contribution in [3.8, 4) is 0 Å². The van der Waals surface area contributed by atoms with Gasteiger partial charge in [-0.1, -0.05) is 79.2 Å².